The van der Waals surface area contributed by atoms with Gasteiger partial charge in [0.1, 0.15) is 24.7 Å². The highest BCUT2D eigenvalue weighted by Gasteiger charge is 2.01. The highest BCUT2D eigenvalue weighted by Crippen LogP contribution is 2.23. The van der Waals surface area contributed by atoms with Crippen molar-refractivity contribution < 1.29 is 24.1 Å². The number of benzene rings is 3. The third-order valence-electron chi connectivity index (χ3n) is 4.63. The second-order valence-electron chi connectivity index (χ2n) is 6.94. The molecule has 0 amide bonds. The Morgan fingerprint density at radius 2 is 1.16 bits per heavy atom. The molecule has 6 nitrogen and oxygen atoms in total. The van der Waals surface area contributed by atoms with Crippen molar-refractivity contribution in [2.45, 2.75) is 6.61 Å². The van der Waals surface area contributed by atoms with Gasteiger partial charge < -0.3 is 24.1 Å². The highest BCUT2D eigenvalue weighted by atomic mass is 16.5. The van der Waals surface area contributed by atoms with Crippen LogP contribution in [0.1, 0.15) is 11.1 Å². The van der Waals surface area contributed by atoms with Gasteiger partial charge in [0.2, 0.25) is 0 Å². The van der Waals surface area contributed by atoms with Gasteiger partial charge in [-0.3, -0.25) is 0 Å². The van der Waals surface area contributed by atoms with Gasteiger partial charge in [0.25, 0.3) is 0 Å². The molecule has 3 rings (SSSR count). The molecule has 0 aromatic heterocycles. The number of hydrogen-bond donors (Lipinski definition) is 1. The van der Waals surface area contributed by atoms with Crippen LogP contribution in [0.25, 0.3) is 11.1 Å². The van der Waals surface area contributed by atoms with E-state index >= 15 is 0 Å². The molecular formula is C26H27NO5. The minimum absolute atomic E-state index is 0.0241. The van der Waals surface area contributed by atoms with Gasteiger partial charge in [-0.15, -0.1) is 0 Å². The van der Waals surface area contributed by atoms with E-state index in [1.807, 2.05) is 72.8 Å². The number of nitriles is 1. The fourth-order valence-electron chi connectivity index (χ4n) is 2.93. The molecule has 0 bridgehead atoms. The van der Waals surface area contributed by atoms with Gasteiger partial charge in [-0.05, 0) is 53.1 Å². The van der Waals surface area contributed by atoms with Gasteiger partial charge in [0, 0.05) is 0 Å². The molecule has 0 saturated heterocycles. The quantitative estimate of drug-likeness (QED) is 0.407. The first kappa shape index (κ1) is 23.3. The van der Waals surface area contributed by atoms with Crippen molar-refractivity contribution in [3.8, 4) is 28.7 Å². The van der Waals surface area contributed by atoms with Crippen molar-refractivity contribution in [3.63, 3.8) is 0 Å². The summed E-state index contributed by atoms with van der Waals surface area (Å²) in [4.78, 5) is 0. The molecule has 0 saturated carbocycles. The van der Waals surface area contributed by atoms with Crippen LogP contribution in [0.4, 0.5) is 0 Å². The minimum Gasteiger partial charge on any atom is -0.491 e. The van der Waals surface area contributed by atoms with E-state index in [0.717, 1.165) is 28.2 Å². The minimum atomic E-state index is 0.0241. The summed E-state index contributed by atoms with van der Waals surface area (Å²) >= 11 is 0. The molecule has 0 spiro atoms. The standard InChI is InChI=1S/C26H27NO5/c27-19-21-1-5-23(6-2-21)24-7-11-26(12-8-24)32-20-22-3-9-25(10-4-22)31-18-17-30-16-15-29-14-13-28/h1-12,28H,13-18,20H2. The summed E-state index contributed by atoms with van der Waals surface area (Å²) in [5.41, 5.74) is 3.83. The Morgan fingerprint density at radius 3 is 1.78 bits per heavy atom. The first-order valence-corrected chi connectivity index (χ1v) is 10.5. The van der Waals surface area contributed by atoms with Gasteiger partial charge in [0.05, 0.1) is 44.7 Å². The number of aliphatic hydroxyl groups excluding tert-OH is 1. The van der Waals surface area contributed by atoms with Crippen LogP contribution < -0.4 is 9.47 Å². The molecule has 0 unspecified atom stereocenters. The lowest BCUT2D eigenvalue weighted by molar-refractivity contribution is 0.0247. The Hall–Kier alpha value is -3.37. The topological polar surface area (TPSA) is 80.9 Å². The van der Waals surface area contributed by atoms with Gasteiger partial charge in [-0.1, -0.05) is 36.4 Å². The SMILES string of the molecule is N#Cc1ccc(-c2ccc(OCc3ccc(OCCOCCOCCO)cc3)cc2)cc1. The first-order chi connectivity index (χ1) is 15.8. The monoisotopic (exact) mass is 433 g/mol. The molecule has 0 heterocycles. The molecule has 0 radical (unpaired) electrons. The number of hydrogen-bond acceptors (Lipinski definition) is 6. The molecule has 166 valence electrons. The zero-order chi connectivity index (χ0) is 22.4. The fourth-order valence-corrected chi connectivity index (χ4v) is 2.93. The Labute approximate surface area is 188 Å². The summed E-state index contributed by atoms with van der Waals surface area (Å²) in [6.45, 7) is 2.71. The summed E-state index contributed by atoms with van der Waals surface area (Å²) in [6.07, 6.45) is 0. The molecule has 3 aromatic carbocycles. The molecule has 6 heteroatoms. The van der Waals surface area contributed by atoms with Crippen LogP contribution in [-0.4, -0.2) is 44.7 Å². The van der Waals surface area contributed by atoms with Gasteiger partial charge in [-0.25, -0.2) is 0 Å². The lowest BCUT2D eigenvalue weighted by Gasteiger charge is -2.10. The van der Waals surface area contributed by atoms with Crippen LogP contribution in [0.3, 0.4) is 0 Å². The third-order valence-corrected chi connectivity index (χ3v) is 4.63. The van der Waals surface area contributed by atoms with E-state index in [-0.39, 0.29) is 6.61 Å². The smallest absolute Gasteiger partial charge is 0.119 e. The Balaban J connectivity index is 1.38. The zero-order valence-electron chi connectivity index (χ0n) is 17.9. The molecule has 0 aliphatic carbocycles. The van der Waals surface area contributed by atoms with E-state index in [9.17, 15) is 0 Å². The Kier molecular flexibility index (Phi) is 9.56. The first-order valence-electron chi connectivity index (χ1n) is 10.5. The Morgan fingerprint density at radius 1 is 0.625 bits per heavy atom. The summed E-state index contributed by atoms with van der Waals surface area (Å²) in [6, 6.07) is 25.3. The van der Waals surface area contributed by atoms with Gasteiger partial charge in [-0.2, -0.15) is 5.26 Å². The average Bonchev–Trinajstić information content (AvgIpc) is 2.85. The normalized spacial score (nSPS) is 10.5. The Bertz CT molecular complexity index is 963. The summed E-state index contributed by atoms with van der Waals surface area (Å²) < 4.78 is 22.0. The van der Waals surface area contributed by atoms with Crippen LogP contribution in [0.15, 0.2) is 72.8 Å². The van der Waals surface area contributed by atoms with E-state index in [0.29, 0.717) is 45.2 Å². The average molecular weight is 434 g/mol. The molecule has 32 heavy (non-hydrogen) atoms. The van der Waals surface area contributed by atoms with E-state index in [4.69, 9.17) is 29.3 Å². The predicted molar refractivity (Wildman–Crippen MR) is 122 cm³/mol. The van der Waals surface area contributed by atoms with Crippen LogP contribution in [0, 0.1) is 11.3 Å². The maximum atomic E-state index is 8.90. The maximum absolute atomic E-state index is 8.90. The van der Waals surface area contributed by atoms with Crippen LogP contribution >= 0.6 is 0 Å². The largest absolute Gasteiger partial charge is 0.491 e. The zero-order valence-corrected chi connectivity index (χ0v) is 17.9. The molecule has 0 aliphatic heterocycles. The molecule has 0 atom stereocenters. The van der Waals surface area contributed by atoms with E-state index in [2.05, 4.69) is 6.07 Å². The van der Waals surface area contributed by atoms with Crippen LogP contribution in [0.2, 0.25) is 0 Å². The summed E-state index contributed by atoms with van der Waals surface area (Å²) in [5, 5.41) is 17.5. The second kappa shape index (κ2) is 13.1. The molecule has 1 N–H and O–H groups in total. The third kappa shape index (κ3) is 7.71. The maximum Gasteiger partial charge on any atom is 0.119 e. The number of aliphatic hydroxyl groups is 1. The highest BCUT2D eigenvalue weighted by molar-refractivity contribution is 5.64. The van der Waals surface area contributed by atoms with E-state index < -0.39 is 0 Å². The number of rotatable bonds is 13. The molecule has 0 aliphatic rings. The van der Waals surface area contributed by atoms with Crippen molar-refractivity contribution in [2.24, 2.45) is 0 Å². The lowest BCUT2D eigenvalue weighted by atomic mass is 10.0. The summed E-state index contributed by atoms with van der Waals surface area (Å²) in [5.74, 6) is 1.57. The number of ether oxygens (including phenoxy) is 4. The van der Waals surface area contributed by atoms with Crippen LogP contribution in [-0.2, 0) is 16.1 Å². The van der Waals surface area contributed by atoms with Crippen LogP contribution in [0.5, 0.6) is 11.5 Å². The molecule has 0 fully saturated rings. The van der Waals surface area contributed by atoms with E-state index in [1.54, 1.807) is 0 Å². The molecule has 3 aromatic rings. The predicted octanol–water partition coefficient (Wildman–Crippen LogP) is 4.21. The van der Waals surface area contributed by atoms with E-state index in [1.165, 1.54) is 0 Å². The second-order valence-corrected chi connectivity index (χ2v) is 6.94. The van der Waals surface area contributed by atoms with Gasteiger partial charge in [0.15, 0.2) is 0 Å². The van der Waals surface area contributed by atoms with Crippen molar-refractivity contribution in [2.75, 3.05) is 39.6 Å². The number of nitrogens with zero attached hydrogens (tertiary/aromatic N) is 1. The lowest BCUT2D eigenvalue weighted by Crippen LogP contribution is -2.11. The van der Waals surface area contributed by atoms with Gasteiger partial charge >= 0.3 is 0 Å². The fraction of sp³-hybridized carbons (Fsp3) is 0.269. The summed E-state index contributed by atoms with van der Waals surface area (Å²) in [7, 11) is 0. The van der Waals surface area contributed by atoms with Crippen molar-refractivity contribution in [1.29, 1.82) is 5.26 Å². The van der Waals surface area contributed by atoms with Crippen molar-refractivity contribution in [3.05, 3.63) is 83.9 Å². The van der Waals surface area contributed by atoms with Crippen molar-refractivity contribution >= 4 is 0 Å². The molecular weight excluding hydrogens is 406 g/mol. The van der Waals surface area contributed by atoms with Crippen molar-refractivity contribution in [1.82, 2.24) is 0 Å².